The molecule has 1 aromatic carbocycles. The summed E-state index contributed by atoms with van der Waals surface area (Å²) in [4.78, 5) is 26.5. The van der Waals surface area contributed by atoms with Gasteiger partial charge in [0.05, 0.1) is 9.77 Å². The van der Waals surface area contributed by atoms with Crippen LogP contribution in [-0.4, -0.2) is 27.3 Å². The molecule has 0 fully saturated rings. The summed E-state index contributed by atoms with van der Waals surface area (Å²) >= 11 is 1.44. The zero-order valence-electron chi connectivity index (χ0n) is 15.3. The van der Waals surface area contributed by atoms with E-state index in [2.05, 4.69) is 15.6 Å². The summed E-state index contributed by atoms with van der Waals surface area (Å²) in [6.45, 7) is 3.41. The van der Waals surface area contributed by atoms with Gasteiger partial charge < -0.3 is 0 Å². The first kappa shape index (κ1) is 19.5. The number of aryl methyl sites for hydroxylation is 3. The Bertz CT molecular complexity index is 1000. The minimum atomic E-state index is -3.70. The highest BCUT2D eigenvalue weighted by atomic mass is 32.2. The smallest absolute Gasteiger partial charge is 0.267 e. The number of rotatable bonds is 4. The molecule has 1 aliphatic carbocycles. The molecule has 3 rings (SSSR count). The summed E-state index contributed by atoms with van der Waals surface area (Å²) in [6, 6.07) is 4.75. The number of sulfonamides is 1. The maximum atomic E-state index is 12.4. The molecule has 0 bridgehead atoms. The molecule has 1 aliphatic rings. The van der Waals surface area contributed by atoms with Gasteiger partial charge in [-0.1, -0.05) is 0 Å². The Kier molecular flexibility index (Phi) is 5.36. The van der Waals surface area contributed by atoms with Crippen molar-refractivity contribution in [1.82, 2.24) is 15.6 Å². The number of amides is 2. The second kappa shape index (κ2) is 7.41. The van der Waals surface area contributed by atoms with Crippen molar-refractivity contribution in [3.8, 4) is 0 Å². The van der Waals surface area contributed by atoms with Crippen molar-refractivity contribution in [2.75, 3.05) is 7.05 Å². The van der Waals surface area contributed by atoms with Crippen molar-refractivity contribution in [3.05, 3.63) is 50.2 Å². The number of hydrogen-bond acceptors (Lipinski definition) is 5. The quantitative estimate of drug-likeness (QED) is 0.673. The predicted octanol–water partition coefficient (Wildman–Crippen LogP) is 1.84. The van der Waals surface area contributed by atoms with Gasteiger partial charge >= 0.3 is 0 Å². The molecule has 0 aliphatic heterocycles. The van der Waals surface area contributed by atoms with Crippen molar-refractivity contribution in [1.29, 1.82) is 0 Å². The largest absolute Gasteiger partial charge is 0.279 e. The van der Waals surface area contributed by atoms with E-state index in [9.17, 15) is 18.0 Å². The van der Waals surface area contributed by atoms with Crippen LogP contribution in [0.4, 0.5) is 0 Å². The molecular weight excluding hydrogens is 386 g/mol. The van der Waals surface area contributed by atoms with Gasteiger partial charge in [-0.25, -0.2) is 13.1 Å². The first-order valence-electron chi connectivity index (χ1n) is 8.50. The summed E-state index contributed by atoms with van der Waals surface area (Å²) in [7, 11) is -2.38. The fourth-order valence-electron chi connectivity index (χ4n) is 3.04. The number of fused-ring (bicyclic) bond motifs is 1. The molecule has 1 heterocycles. The number of hydrogen-bond donors (Lipinski definition) is 3. The molecule has 2 aromatic rings. The molecule has 1 aromatic heterocycles. The zero-order valence-corrected chi connectivity index (χ0v) is 16.9. The number of carbonyl (C=O) groups is 2. The van der Waals surface area contributed by atoms with Crippen LogP contribution in [0.25, 0.3) is 0 Å². The van der Waals surface area contributed by atoms with Crippen LogP contribution in [-0.2, 0) is 22.9 Å². The summed E-state index contributed by atoms with van der Waals surface area (Å²) in [5, 5.41) is 0. The normalized spacial score (nSPS) is 13.3. The Labute approximate surface area is 162 Å². The third-order valence-corrected chi connectivity index (χ3v) is 7.48. The summed E-state index contributed by atoms with van der Waals surface area (Å²) in [5.74, 6) is -0.960. The van der Waals surface area contributed by atoms with E-state index in [-0.39, 0.29) is 16.4 Å². The lowest BCUT2D eigenvalue weighted by molar-refractivity contribution is 0.0848. The maximum absolute atomic E-state index is 12.4. The minimum Gasteiger partial charge on any atom is -0.267 e. The van der Waals surface area contributed by atoms with Gasteiger partial charge in [0.1, 0.15) is 0 Å². The Morgan fingerprint density at radius 3 is 2.41 bits per heavy atom. The molecule has 0 saturated heterocycles. The van der Waals surface area contributed by atoms with Crippen LogP contribution in [0.3, 0.4) is 0 Å². The van der Waals surface area contributed by atoms with E-state index < -0.39 is 15.9 Å². The highest BCUT2D eigenvalue weighted by molar-refractivity contribution is 7.89. The van der Waals surface area contributed by atoms with Crippen molar-refractivity contribution >= 4 is 33.2 Å². The van der Waals surface area contributed by atoms with Gasteiger partial charge in [-0.15, -0.1) is 11.3 Å². The Hall–Kier alpha value is -2.23. The van der Waals surface area contributed by atoms with Gasteiger partial charge in [0, 0.05) is 10.4 Å². The summed E-state index contributed by atoms with van der Waals surface area (Å²) in [6.07, 6.45) is 3.09. The molecule has 2 amide bonds. The second-order valence-electron chi connectivity index (χ2n) is 6.44. The van der Waals surface area contributed by atoms with Gasteiger partial charge in [0.25, 0.3) is 11.8 Å². The van der Waals surface area contributed by atoms with Crippen LogP contribution in [0.2, 0.25) is 0 Å². The zero-order chi connectivity index (χ0) is 19.8. The molecule has 0 saturated carbocycles. The van der Waals surface area contributed by atoms with Crippen LogP contribution in [0.1, 0.15) is 48.0 Å². The van der Waals surface area contributed by atoms with E-state index in [0.717, 1.165) is 19.3 Å². The van der Waals surface area contributed by atoms with Gasteiger partial charge in [-0.2, -0.15) is 0 Å². The van der Waals surface area contributed by atoms with Crippen molar-refractivity contribution in [2.24, 2.45) is 0 Å². The van der Waals surface area contributed by atoms with Crippen LogP contribution in [0.15, 0.2) is 23.1 Å². The third kappa shape index (κ3) is 3.90. The van der Waals surface area contributed by atoms with Gasteiger partial charge in [0.15, 0.2) is 0 Å². The standard InChI is InChI=1S/C18H21N3O4S2/c1-10-7-13(9-16(11(10)2)27(24,25)19-3)17(22)20-21-18(23)15-8-12-5-4-6-14(12)26-15/h7-9,19H,4-6H2,1-3H3,(H,20,22)(H,21,23). The van der Waals surface area contributed by atoms with E-state index in [1.54, 1.807) is 19.9 Å². The van der Waals surface area contributed by atoms with Gasteiger partial charge in [-0.3, -0.25) is 20.4 Å². The van der Waals surface area contributed by atoms with Crippen LogP contribution >= 0.6 is 11.3 Å². The number of nitrogens with one attached hydrogen (secondary N) is 3. The molecule has 0 unspecified atom stereocenters. The van der Waals surface area contributed by atoms with Crippen molar-refractivity contribution < 1.29 is 18.0 Å². The molecule has 7 nitrogen and oxygen atoms in total. The van der Waals surface area contributed by atoms with Crippen LogP contribution in [0, 0.1) is 13.8 Å². The molecule has 3 N–H and O–H groups in total. The lowest BCUT2D eigenvalue weighted by atomic mass is 10.1. The highest BCUT2D eigenvalue weighted by Gasteiger charge is 2.21. The van der Waals surface area contributed by atoms with Crippen LogP contribution < -0.4 is 15.6 Å². The third-order valence-electron chi connectivity index (χ3n) is 4.70. The van der Waals surface area contributed by atoms with E-state index in [0.29, 0.717) is 16.0 Å². The first-order chi connectivity index (χ1) is 12.7. The summed E-state index contributed by atoms with van der Waals surface area (Å²) in [5.41, 5.74) is 7.34. The lowest BCUT2D eigenvalue weighted by Gasteiger charge is -2.12. The number of benzene rings is 1. The molecule has 27 heavy (non-hydrogen) atoms. The van der Waals surface area contributed by atoms with Crippen molar-refractivity contribution in [3.63, 3.8) is 0 Å². The minimum absolute atomic E-state index is 0.0381. The van der Waals surface area contributed by atoms with E-state index >= 15 is 0 Å². The maximum Gasteiger partial charge on any atom is 0.279 e. The highest BCUT2D eigenvalue weighted by Crippen LogP contribution is 2.30. The molecular formula is C18H21N3O4S2. The monoisotopic (exact) mass is 407 g/mol. The van der Waals surface area contributed by atoms with E-state index in [1.165, 1.54) is 34.9 Å². The average molecular weight is 408 g/mol. The number of thiophene rings is 1. The summed E-state index contributed by atoms with van der Waals surface area (Å²) < 4.78 is 26.6. The second-order valence-corrected chi connectivity index (χ2v) is 9.44. The number of hydrazine groups is 1. The lowest BCUT2D eigenvalue weighted by Crippen LogP contribution is -2.41. The van der Waals surface area contributed by atoms with E-state index in [4.69, 9.17) is 0 Å². The molecule has 0 radical (unpaired) electrons. The van der Waals surface area contributed by atoms with Gasteiger partial charge in [-0.05, 0) is 75.0 Å². The van der Waals surface area contributed by atoms with E-state index in [1.807, 2.05) is 6.07 Å². The fourth-order valence-corrected chi connectivity index (χ4v) is 5.25. The Balaban J connectivity index is 1.75. The topological polar surface area (TPSA) is 104 Å². The Morgan fingerprint density at radius 1 is 1.04 bits per heavy atom. The molecule has 0 atom stereocenters. The molecule has 9 heteroatoms. The van der Waals surface area contributed by atoms with Crippen molar-refractivity contribution in [2.45, 2.75) is 38.0 Å². The Morgan fingerprint density at radius 2 is 1.74 bits per heavy atom. The fraction of sp³-hybridized carbons (Fsp3) is 0.333. The molecule has 144 valence electrons. The average Bonchev–Trinajstić information content (AvgIpc) is 3.23. The van der Waals surface area contributed by atoms with Crippen LogP contribution in [0.5, 0.6) is 0 Å². The SMILES string of the molecule is CNS(=O)(=O)c1cc(C(=O)NNC(=O)c2cc3c(s2)CCC3)cc(C)c1C. The van der Waals surface area contributed by atoms with Gasteiger partial charge in [0.2, 0.25) is 10.0 Å². The first-order valence-corrected chi connectivity index (χ1v) is 10.8. The number of carbonyl (C=O) groups excluding carboxylic acids is 2. The molecule has 0 spiro atoms. The predicted molar refractivity (Wildman–Crippen MR) is 103 cm³/mol.